The predicted molar refractivity (Wildman–Crippen MR) is 135 cm³/mol. The molecule has 4 aromatic rings. The zero-order valence-electron chi connectivity index (χ0n) is 18.1. The number of aromatic nitrogens is 2. The van der Waals surface area contributed by atoms with Crippen LogP contribution in [0.3, 0.4) is 0 Å². The number of nitrogens with zero attached hydrogens (tertiary/aromatic N) is 2. The minimum absolute atomic E-state index is 0.0465. The van der Waals surface area contributed by atoms with Crippen LogP contribution in [0.2, 0.25) is 0 Å². The first kappa shape index (κ1) is 19.6. The Bertz CT molecular complexity index is 1420. The Balaban J connectivity index is 1.60. The molecule has 2 aliphatic rings. The highest BCUT2D eigenvalue weighted by Crippen LogP contribution is 2.57. The minimum Gasteiger partial charge on any atom is -0.228 e. The summed E-state index contributed by atoms with van der Waals surface area (Å²) in [7, 11) is 0. The van der Waals surface area contributed by atoms with Crippen LogP contribution in [0.5, 0.6) is 0 Å². The number of rotatable bonds is 2. The van der Waals surface area contributed by atoms with E-state index >= 15 is 0 Å². The van der Waals surface area contributed by atoms with Gasteiger partial charge >= 0.3 is 0 Å². The summed E-state index contributed by atoms with van der Waals surface area (Å²) in [5, 5.41) is 1.11. The molecular weight excluding hydrogens is 456 g/mol. The maximum atomic E-state index is 5.17. The molecule has 0 fully saturated rings. The lowest BCUT2D eigenvalue weighted by Crippen LogP contribution is -2.26. The Hall–Kier alpha value is -3.04. The van der Waals surface area contributed by atoms with Gasteiger partial charge in [-0.15, -0.1) is 0 Å². The summed E-state index contributed by atoms with van der Waals surface area (Å²) in [6, 6.07) is 25.4. The van der Waals surface area contributed by atoms with Gasteiger partial charge in [0.05, 0.1) is 11.2 Å². The highest BCUT2D eigenvalue weighted by Gasteiger charge is 2.47. The molecule has 2 atom stereocenters. The van der Waals surface area contributed by atoms with Crippen LogP contribution in [0.1, 0.15) is 36.6 Å². The molecule has 6 rings (SSSR count). The van der Waals surface area contributed by atoms with Gasteiger partial charge in [0.2, 0.25) is 0 Å². The summed E-state index contributed by atoms with van der Waals surface area (Å²) in [5.41, 5.74) is 7.22. The molecule has 3 aromatic carbocycles. The lowest BCUT2D eigenvalue weighted by atomic mass is 9.71. The van der Waals surface area contributed by atoms with E-state index in [9.17, 15) is 0 Å². The lowest BCUT2D eigenvalue weighted by Gasteiger charge is -2.32. The van der Waals surface area contributed by atoms with Gasteiger partial charge in [-0.1, -0.05) is 103 Å². The van der Waals surface area contributed by atoms with Crippen molar-refractivity contribution < 1.29 is 0 Å². The number of fused-ring (bicyclic) bond motifs is 4. The van der Waals surface area contributed by atoms with Crippen molar-refractivity contribution in [2.45, 2.75) is 25.2 Å². The van der Waals surface area contributed by atoms with Crippen LogP contribution in [0, 0.1) is 5.92 Å². The van der Waals surface area contributed by atoms with Crippen molar-refractivity contribution in [2.24, 2.45) is 5.92 Å². The van der Waals surface area contributed by atoms with Gasteiger partial charge < -0.3 is 0 Å². The standard InChI is InChI=1S/C29H23BrN2/c1-29(2)23-13-8-12-22(26(23)20-16-15-19(30)17-24(20)29)27-21-11-6-7-14-25(21)31-28(32-27)18-9-4-3-5-10-18/h3-17,23,26H,1-2H3. The van der Waals surface area contributed by atoms with Crippen LogP contribution < -0.4 is 0 Å². The maximum absolute atomic E-state index is 5.17. The van der Waals surface area contributed by atoms with Gasteiger partial charge in [-0.3, -0.25) is 0 Å². The van der Waals surface area contributed by atoms with Crippen LogP contribution in [-0.4, -0.2) is 9.97 Å². The average Bonchev–Trinajstić information content (AvgIpc) is 3.05. The molecule has 1 aromatic heterocycles. The van der Waals surface area contributed by atoms with E-state index in [2.05, 4.69) is 103 Å². The van der Waals surface area contributed by atoms with Crippen molar-refractivity contribution in [3.05, 3.63) is 112 Å². The largest absolute Gasteiger partial charge is 0.228 e. The van der Waals surface area contributed by atoms with Crippen molar-refractivity contribution in [1.29, 1.82) is 0 Å². The van der Waals surface area contributed by atoms with E-state index in [0.717, 1.165) is 32.5 Å². The SMILES string of the molecule is CC1(C)c2cc(Br)ccc2C2C(c3nc(-c4ccccc4)nc4ccccc34)=CC=CC21. The Labute approximate surface area is 196 Å². The van der Waals surface area contributed by atoms with Crippen LogP contribution in [0.4, 0.5) is 0 Å². The first-order chi connectivity index (χ1) is 15.5. The number of allylic oxidation sites excluding steroid dienone is 4. The van der Waals surface area contributed by atoms with Crippen LogP contribution in [-0.2, 0) is 5.41 Å². The second-order valence-corrected chi connectivity index (χ2v) is 10.2. The Morgan fingerprint density at radius 1 is 0.875 bits per heavy atom. The fourth-order valence-electron chi connectivity index (χ4n) is 5.48. The summed E-state index contributed by atoms with van der Waals surface area (Å²) in [6.45, 7) is 4.73. The lowest BCUT2D eigenvalue weighted by molar-refractivity contribution is 0.399. The van der Waals surface area contributed by atoms with Crippen LogP contribution in [0.15, 0.2) is 95.5 Å². The van der Waals surface area contributed by atoms with E-state index < -0.39 is 0 Å². The summed E-state index contributed by atoms with van der Waals surface area (Å²) < 4.78 is 1.14. The summed E-state index contributed by atoms with van der Waals surface area (Å²) >= 11 is 3.69. The summed E-state index contributed by atoms with van der Waals surface area (Å²) in [6.07, 6.45) is 6.86. The molecule has 0 radical (unpaired) electrons. The molecule has 0 amide bonds. The molecule has 32 heavy (non-hydrogen) atoms. The van der Waals surface area contributed by atoms with E-state index in [4.69, 9.17) is 9.97 Å². The maximum Gasteiger partial charge on any atom is 0.160 e. The molecule has 0 bridgehead atoms. The van der Waals surface area contributed by atoms with E-state index in [0.29, 0.717) is 5.92 Å². The zero-order chi connectivity index (χ0) is 21.9. The van der Waals surface area contributed by atoms with Crippen molar-refractivity contribution in [2.75, 3.05) is 0 Å². The molecule has 0 spiro atoms. The molecule has 156 valence electrons. The molecule has 3 heteroatoms. The van der Waals surface area contributed by atoms with E-state index in [-0.39, 0.29) is 11.3 Å². The number of hydrogen-bond donors (Lipinski definition) is 0. The third kappa shape index (κ3) is 2.91. The Morgan fingerprint density at radius 2 is 1.66 bits per heavy atom. The van der Waals surface area contributed by atoms with Crippen molar-refractivity contribution in [3.8, 4) is 11.4 Å². The molecule has 0 N–H and O–H groups in total. The number of hydrogen-bond acceptors (Lipinski definition) is 2. The van der Waals surface area contributed by atoms with Gasteiger partial charge in [0.1, 0.15) is 0 Å². The van der Waals surface area contributed by atoms with Crippen molar-refractivity contribution in [1.82, 2.24) is 9.97 Å². The average molecular weight is 479 g/mol. The third-order valence-electron chi connectivity index (χ3n) is 7.07. The predicted octanol–water partition coefficient (Wildman–Crippen LogP) is 7.70. The fourth-order valence-corrected chi connectivity index (χ4v) is 5.84. The van der Waals surface area contributed by atoms with Gasteiger partial charge in [-0.2, -0.15) is 0 Å². The topological polar surface area (TPSA) is 25.8 Å². The molecule has 0 saturated carbocycles. The molecule has 2 unspecified atom stereocenters. The quantitative estimate of drug-likeness (QED) is 0.294. The van der Waals surface area contributed by atoms with Crippen LogP contribution in [0.25, 0.3) is 27.9 Å². The molecule has 2 aliphatic carbocycles. The second-order valence-electron chi connectivity index (χ2n) is 9.24. The Morgan fingerprint density at radius 3 is 2.50 bits per heavy atom. The summed E-state index contributed by atoms with van der Waals surface area (Å²) in [4.78, 5) is 10.1. The van der Waals surface area contributed by atoms with Gasteiger partial charge in [0.25, 0.3) is 0 Å². The van der Waals surface area contributed by atoms with E-state index in [1.807, 2.05) is 18.2 Å². The molecule has 1 heterocycles. The highest BCUT2D eigenvalue weighted by atomic mass is 79.9. The monoisotopic (exact) mass is 478 g/mol. The highest BCUT2D eigenvalue weighted by molar-refractivity contribution is 9.10. The van der Waals surface area contributed by atoms with Gasteiger partial charge in [0.15, 0.2) is 5.82 Å². The van der Waals surface area contributed by atoms with Gasteiger partial charge in [0, 0.05) is 21.3 Å². The number of halogens is 1. The number of benzene rings is 3. The zero-order valence-corrected chi connectivity index (χ0v) is 19.7. The second kappa shape index (κ2) is 7.25. The molecule has 0 aliphatic heterocycles. The minimum atomic E-state index is 0.0465. The van der Waals surface area contributed by atoms with Gasteiger partial charge in [-0.25, -0.2) is 9.97 Å². The van der Waals surface area contributed by atoms with E-state index in [1.165, 1.54) is 16.7 Å². The third-order valence-corrected chi connectivity index (χ3v) is 7.57. The first-order valence-corrected chi connectivity index (χ1v) is 11.8. The molecule has 2 nitrogen and oxygen atoms in total. The van der Waals surface area contributed by atoms with E-state index in [1.54, 1.807) is 0 Å². The Kier molecular flexibility index (Phi) is 4.44. The van der Waals surface area contributed by atoms with Crippen LogP contribution >= 0.6 is 15.9 Å². The summed E-state index contributed by atoms with van der Waals surface area (Å²) in [5.74, 6) is 1.44. The fraction of sp³-hybridized carbons (Fsp3) is 0.172. The van der Waals surface area contributed by atoms with Crippen molar-refractivity contribution in [3.63, 3.8) is 0 Å². The van der Waals surface area contributed by atoms with Crippen molar-refractivity contribution >= 4 is 32.4 Å². The molecular formula is C29H23BrN2. The van der Waals surface area contributed by atoms with Gasteiger partial charge in [-0.05, 0) is 46.2 Å². The smallest absolute Gasteiger partial charge is 0.160 e. The number of para-hydroxylation sites is 1. The first-order valence-electron chi connectivity index (χ1n) is 11.0. The normalized spacial score (nSPS) is 20.7. The molecule has 0 saturated heterocycles.